The molecule has 1 aliphatic heterocycles. The number of fused-ring (bicyclic) bond motifs is 1. The number of imidazole rings is 1. The van der Waals surface area contributed by atoms with Gasteiger partial charge in [0.2, 0.25) is 11.9 Å². The van der Waals surface area contributed by atoms with Crippen LogP contribution in [0, 0.1) is 5.92 Å². The minimum atomic E-state index is 0.0401. The first-order valence-electron chi connectivity index (χ1n) is 10.5. The molecule has 0 unspecified atom stereocenters. The van der Waals surface area contributed by atoms with Crippen LogP contribution in [0.15, 0.2) is 61.2 Å². The first kappa shape index (κ1) is 20.0. The van der Waals surface area contributed by atoms with Crippen LogP contribution < -0.4 is 10.2 Å². The molecule has 0 saturated carbocycles. The van der Waals surface area contributed by atoms with Gasteiger partial charge in [0.1, 0.15) is 5.75 Å². The van der Waals surface area contributed by atoms with Crippen LogP contribution in [-0.2, 0) is 17.8 Å². The number of anilines is 1. The highest BCUT2D eigenvalue weighted by molar-refractivity contribution is 5.80. The van der Waals surface area contributed by atoms with Crippen molar-refractivity contribution in [2.75, 3.05) is 24.5 Å². The van der Waals surface area contributed by atoms with Gasteiger partial charge in [0.25, 0.3) is 0 Å². The number of phenols is 1. The molecule has 1 amide bonds. The molecule has 2 N–H and O–H groups in total. The summed E-state index contributed by atoms with van der Waals surface area (Å²) < 4.78 is 2.19. The number of allylic oxidation sites excluding steroid dienone is 1. The molecule has 1 saturated heterocycles. The Morgan fingerprint density at radius 1 is 1.17 bits per heavy atom. The van der Waals surface area contributed by atoms with E-state index in [1.807, 2.05) is 36.4 Å². The summed E-state index contributed by atoms with van der Waals surface area (Å²) in [5.41, 5.74) is 3.20. The lowest BCUT2D eigenvalue weighted by Gasteiger charge is -2.32. The Morgan fingerprint density at radius 3 is 2.63 bits per heavy atom. The lowest BCUT2D eigenvalue weighted by atomic mass is 9.96. The van der Waals surface area contributed by atoms with E-state index in [4.69, 9.17) is 4.98 Å². The zero-order valence-electron chi connectivity index (χ0n) is 17.1. The molecule has 0 aliphatic carbocycles. The number of nitrogens with one attached hydrogen (secondary N) is 1. The number of carbonyl (C=O) groups is 1. The van der Waals surface area contributed by atoms with Crippen molar-refractivity contribution in [2.45, 2.75) is 25.8 Å². The Balaban J connectivity index is 1.33. The number of phenolic OH excluding ortho intramolecular Hbond substituents is 1. The van der Waals surface area contributed by atoms with Crippen LogP contribution in [0.25, 0.3) is 11.0 Å². The SMILES string of the molecule is C=CCn1c(N2CCC(C(=O)NCCc3ccc(O)cc3)CC2)nc2ccccc21. The number of piperidine rings is 1. The van der Waals surface area contributed by atoms with E-state index in [1.54, 1.807) is 12.1 Å². The van der Waals surface area contributed by atoms with Gasteiger partial charge in [0.15, 0.2) is 0 Å². The molecule has 0 radical (unpaired) electrons. The van der Waals surface area contributed by atoms with Gasteiger partial charge in [-0.3, -0.25) is 4.79 Å². The molecule has 0 bridgehead atoms. The molecular formula is C24H28N4O2. The largest absolute Gasteiger partial charge is 0.508 e. The maximum absolute atomic E-state index is 12.6. The summed E-state index contributed by atoms with van der Waals surface area (Å²) in [6.07, 6.45) is 4.30. The molecule has 2 aromatic carbocycles. The average molecular weight is 405 g/mol. The summed E-state index contributed by atoms with van der Waals surface area (Å²) in [4.78, 5) is 19.7. The van der Waals surface area contributed by atoms with Crippen molar-refractivity contribution in [3.63, 3.8) is 0 Å². The van der Waals surface area contributed by atoms with Gasteiger partial charge in [-0.25, -0.2) is 4.98 Å². The fraction of sp³-hybridized carbons (Fsp3) is 0.333. The van der Waals surface area contributed by atoms with Crippen LogP contribution in [0.3, 0.4) is 0 Å². The van der Waals surface area contributed by atoms with Crippen LogP contribution in [0.4, 0.5) is 5.95 Å². The van der Waals surface area contributed by atoms with E-state index >= 15 is 0 Å². The number of aromatic nitrogens is 2. The molecule has 6 nitrogen and oxygen atoms in total. The number of hydrogen-bond acceptors (Lipinski definition) is 4. The molecule has 1 fully saturated rings. The molecule has 1 aromatic heterocycles. The minimum Gasteiger partial charge on any atom is -0.508 e. The lowest BCUT2D eigenvalue weighted by molar-refractivity contribution is -0.125. The lowest BCUT2D eigenvalue weighted by Crippen LogP contribution is -2.41. The molecule has 30 heavy (non-hydrogen) atoms. The Morgan fingerprint density at radius 2 is 1.90 bits per heavy atom. The summed E-state index contributed by atoms with van der Waals surface area (Å²) in [5.74, 6) is 1.39. The Labute approximate surface area is 176 Å². The predicted octanol–water partition coefficient (Wildman–Crippen LogP) is 3.50. The zero-order chi connectivity index (χ0) is 20.9. The Hall–Kier alpha value is -3.28. The van der Waals surface area contributed by atoms with Crippen LogP contribution >= 0.6 is 0 Å². The molecule has 4 rings (SSSR count). The molecule has 0 atom stereocenters. The molecule has 1 aliphatic rings. The van der Waals surface area contributed by atoms with Crippen LogP contribution in [-0.4, -0.2) is 40.2 Å². The summed E-state index contributed by atoms with van der Waals surface area (Å²) in [6, 6.07) is 15.3. The number of carbonyl (C=O) groups excluding carboxylic acids is 1. The summed E-state index contributed by atoms with van der Waals surface area (Å²) in [7, 11) is 0. The molecule has 0 spiro atoms. The quantitative estimate of drug-likeness (QED) is 0.592. The molecule has 156 valence electrons. The van der Waals surface area contributed by atoms with Gasteiger partial charge < -0.3 is 19.9 Å². The van der Waals surface area contributed by atoms with Crippen LogP contribution in [0.1, 0.15) is 18.4 Å². The van der Waals surface area contributed by atoms with E-state index in [2.05, 4.69) is 27.4 Å². The minimum absolute atomic E-state index is 0.0401. The number of nitrogens with zero attached hydrogens (tertiary/aromatic N) is 3. The van der Waals surface area contributed by atoms with E-state index in [0.717, 1.165) is 54.9 Å². The van der Waals surface area contributed by atoms with E-state index < -0.39 is 0 Å². The molecule has 3 aromatic rings. The standard InChI is InChI=1S/C24H28N4O2/c1-2-15-28-22-6-4-3-5-21(22)26-24(28)27-16-12-19(13-17-27)23(30)25-14-11-18-7-9-20(29)10-8-18/h2-10,19,29H,1,11-17H2,(H,25,30). The van der Waals surface area contributed by atoms with Crippen LogP contribution in [0.5, 0.6) is 5.75 Å². The van der Waals surface area contributed by atoms with E-state index in [1.165, 1.54) is 0 Å². The third-order valence-corrected chi connectivity index (χ3v) is 5.74. The molecule has 2 heterocycles. The van der Waals surface area contributed by atoms with Crippen molar-refractivity contribution in [1.82, 2.24) is 14.9 Å². The van der Waals surface area contributed by atoms with E-state index in [9.17, 15) is 9.90 Å². The van der Waals surface area contributed by atoms with Crippen molar-refractivity contribution < 1.29 is 9.90 Å². The first-order valence-corrected chi connectivity index (χ1v) is 10.5. The number of benzene rings is 2. The number of amides is 1. The van der Waals surface area contributed by atoms with Crippen molar-refractivity contribution >= 4 is 22.9 Å². The topological polar surface area (TPSA) is 70.4 Å². The Bertz CT molecular complexity index is 1020. The van der Waals surface area contributed by atoms with Crippen molar-refractivity contribution in [3.8, 4) is 5.75 Å². The van der Waals surface area contributed by atoms with Gasteiger partial charge in [0, 0.05) is 32.1 Å². The van der Waals surface area contributed by atoms with Crippen LogP contribution in [0.2, 0.25) is 0 Å². The maximum atomic E-state index is 12.6. The van der Waals surface area contributed by atoms with Crippen molar-refractivity contribution in [2.24, 2.45) is 5.92 Å². The summed E-state index contributed by atoms with van der Waals surface area (Å²) in [5, 5.41) is 12.4. The van der Waals surface area contributed by atoms with Gasteiger partial charge in [-0.15, -0.1) is 6.58 Å². The fourth-order valence-corrected chi connectivity index (χ4v) is 4.09. The summed E-state index contributed by atoms with van der Waals surface area (Å²) >= 11 is 0. The van der Waals surface area contributed by atoms with E-state index in [-0.39, 0.29) is 17.6 Å². The van der Waals surface area contributed by atoms with Crippen molar-refractivity contribution in [3.05, 3.63) is 66.7 Å². The highest BCUT2D eigenvalue weighted by atomic mass is 16.3. The highest BCUT2D eigenvalue weighted by Crippen LogP contribution is 2.27. The zero-order valence-corrected chi connectivity index (χ0v) is 17.1. The molecular weight excluding hydrogens is 376 g/mol. The predicted molar refractivity (Wildman–Crippen MR) is 120 cm³/mol. The Kier molecular flexibility index (Phi) is 6.02. The maximum Gasteiger partial charge on any atom is 0.223 e. The second-order valence-corrected chi connectivity index (χ2v) is 7.77. The van der Waals surface area contributed by atoms with Gasteiger partial charge >= 0.3 is 0 Å². The number of para-hydroxylation sites is 2. The van der Waals surface area contributed by atoms with Gasteiger partial charge in [-0.2, -0.15) is 0 Å². The van der Waals surface area contributed by atoms with Gasteiger partial charge in [-0.1, -0.05) is 30.3 Å². The third-order valence-electron chi connectivity index (χ3n) is 5.74. The fourth-order valence-electron chi connectivity index (χ4n) is 4.09. The normalized spacial score (nSPS) is 14.7. The van der Waals surface area contributed by atoms with E-state index in [0.29, 0.717) is 13.1 Å². The summed E-state index contributed by atoms with van der Waals surface area (Å²) in [6.45, 7) is 6.84. The second-order valence-electron chi connectivity index (χ2n) is 7.77. The average Bonchev–Trinajstić information content (AvgIpc) is 3.14. The van der Waals surface area contributed by atoms with Gasteiger partial charge in [-0.05, 0) is 49.1 Å². The van der Waals surface area contributed by atoms with Gasteiger partial charge in [0.05, 0.1) is 11.0 Å². The monoisotopic (exact) mass is 404 g/mol. The first-order chi connectivity index (χ1) is 14.7. The second kappa shape index (κ2) is 9.03. The highest BCUT2D eigenvalue weighted by Gasteiger charge is 2.27. The molecule has 6 heteroatoms. The number of aromatic hydroxyl groups is 1. The van der Waals surface area contributed by atoms with Crippen molar-refractivity contribution in [1.29, 1.82) is 0 Å². The smallest absolute Gasteiger partial charge is 0.223 e. The third kappa shape index (κ3) is 4.32. The number of rotatable bonds is 7. The number of hydrogen-bond donors (Lipinski definition) is 2.